The molecule has 0 bridgehead atoms. The van der Waals surface area contributed by atoms with E-state index in [0.717, 1.165) is 0 Å². The monoisotopic (exact) mass is 303 g/mol. The lowest BCUT2D eigenvalue weighted by molar-refractivity contribution is -0.133. The molecule has 0 aromatic carbocycles. The molecule has 2 heterocycles. The maximum atomic E-state index is 11.6. The van der Waals surface area contributed by atoms with Crippen LogP contribution < -0.4 is 21.9 Å². The van der Waals surface area contributed by atoms with Crippen molar-refractivity contribution in [2.24, 2.45) is 5.84 Å². The van der Waals surface area contributed by atoms with Crippen molar-refractivity contribution in [1.29, 1.82) is 0 Å². The van der Waals surface area contributed by atoms with E-state index < -0.39 is 11.9 Å². The van der Waals surface area contributed by atoms with Crippen LogP contribution in [0.2, 0.25) is 10.0 Å². The van der Waals surface area contributed by atoms with Crippen LogP contribution >= 0.6 is 23.2 Å². The van der Waals surface area contributed by atoms with Gasteiger partial charge in [0.25, 0.3) is 0 Å². The number of pyridine rings is 1. The molecule has 1 aromatic rings. The van der Waals surface area contributed by atoms with Crippen LogP contribution in [0.5, 0.6) is 0 Å². The third kappa shape index (κ3) is 3.06. The SMILES string of the molecule is NNc1nc(NC2CCC(=O)NC2=O)c(Cl)cc1Cl. The molecule has 5 N–H and O–H groups in total. The Bertz CT molecular complexity index is 537. The number of aromatic nitrogens is 1. The third-order valence-corrected chi connectivity index (χ3v) is 3.19. The van der Waals surface area contributed by atoms with Crippen LogP contribution in [0.4, 0.5) is 11.6 Å². The minimum absolute atomic E-state index is 0.237. The van der Waals surface area contributed by atoms with Gasteiger partial charge in [0.15, 0.2) is 5.82 Å². The molecule has 0 saturated carbocycles. The van der Waals surface area contributed by atoms with Crippen molar-refractivity contribution >= 4 is 46.7 Å². The highest BCUT2D eigenvalue weighted by molar-refractivity contribution is 6.37. The van der Waals surface area contributed by atoms with E-state index in [2.05, 4.69) is 21.0 Å². The molecule has 1 aromatic heterocycles. The lowest BCUT2D eigenvalue weighted by Crippen LogP contribution is -2.47. The lowest BCUT2D eigenvalue weighted by Gasteiger charge is -2.23. The number of hydrogen-bond donors (Lipinski definition) is 4. The second kappa shape index (κ2) is 5.60. The first-order valence-corrected chi connectivity index (χ1v) is 6.19. The number of amides is 2. The molecule has 1 atom stereocenters. The number of nitrogens with zero attached hydrogens (tertiary/aromatic N) is 1. The highest BCUT2D eigenvalue weighted by Crippen LogP contribution is 2.29. The van der Waals surface area contributed by atoms with Gasteiger partial charge in [-0.05, 0) is 12.5 Å². The molecule has 7 nitrogen and oxygen atoms in total. The fraction of sp³-hybridized carbons (Fsp3) is 0.300. The number of halogens is 2. The zero-order chi connectivity index (χ0) is 14.0. The van der Waals surface area contributed by atoms with Crippen LogP contribution in [0.3, 0.4) is 0 Å². The van der Waals surface area contributed by atoms with E-state index in [9.17, 15) is 9.59 Å². The van der Waals surface area contributed by atoms with Crippen molar-refractivity contribution < 1.29 is 9.59 Å². The number of carbonyl (C=O) groups is 2. The number of rotatable bonds is 3. The van der Waals surface area contributed by atoms with Crippen LogP contribution in [0.15, 0.2) is 6.07 Å². The highest BCUT2D eigenvalue weighted by Gasteiger charge is 2.27. The lowest BCUT2D eigenvalue weighted by atomic mass is 10.1. The van der Waals surface area contributed by atoms with E-state index in [-0.39, 0.29) is 34.0 Å². The molecule has 1 unspecified atom stereocenters. The van der Waals surface area contributed by atoms with Gasteiger partial charge < -0.3 is 10.7 Å². The average molecular weight is 304 g/mol. The number of imide groups is 1. The number of hydrazine groups is 1. The number of nitrogens with one attached hydrogen (secondary N) is 3. The van der Waals surface area contributed by atoms with E-state index in [0.29, 0.717) is 6.42 Å². The topological polar surface area (TPSA) is 109 Å². The Morgan fingerprint density at radius 2 is 2.00 bits per heavy atom. The van der Waals surface area contributed by atoms with E-state index in [4.69, 9.17) is 29.0 Å². The fourth-order valence-electron chi connectivity index (χ4n) is 1.67. The smallest absolute Gasteiger partial charge is 0.249 e. The second-order valence-electron chi connectivity index (χ2n) is 3.94. The molecular weight excluding hydrogens is 293 g/mol. The van der Waals surface area contributed by atoms with Crippen molar-refractivity contribution in [2.75, 3.05) is 10.7 Å². The quantitative estimate of drug-likeness (QED) is 0.375. The summed E-state index contributed by atoms with van der Waals surface area (Å²) in [6, 6.07) is 0.883. The van der Waals surface area contributed by atoms with Gasteiger partial charge in [-0.25, -0.2) is 10.8 Å². The molecule has 1 aliphatic rings. The zero-order valence-electron chi connectivity index (χ0n) is 9.67. The van der Waals surface area contributed by atoms with Gasteiger partial charge in [0.05, 0.1) is 10.0 Å². The number of piperidine rings is 1. The van der Waals surface area contributed by atoms with Gasteiger partial charge >= 0.3 is 0 Å². The molecule has 2 amide bonds. The Kier molecular flexibility index (Phi) is 4.08. The Balaban J connectivity index is 2.19. The van der Waals surface area contributed by atoms with Gasteiger partial charge in [0, 0.05) is 6.42 Å². The predicted molar refractivity (Wildman–Crippen MR) is 71.9 cm³/mol. The van der Waals surface area contributed by atoms with E-state index in [1.807, 2.05) is 0 Å². The molecule has 9 heteroatoms. The average Bonchev–Trinajstić information content (AvgIpc) is 2.35. The molecule has 0 aliphatic carbocycles. The summed E-state index contributed by atoms with van der Waals surface area (Å²) in [6.07, 6.45) is 0.632. The first kappa shape index (κ1) is 13.9. The summed E-state index contributed by atoms with van der Waals surface area (Å²) in [6.45, 7) is 0. The van der Waals surface area contributed by atoms with Crippen LogP contribution in [-0.2, 0) is 9.59 Å². The Labute approximate surface area is 118 Å². The Morgan fingerprint density at radius 3 is 2.63 bits per heavy atom. The predicted octanol–water partition coefficient (Wildman–Crippen LogP) is 0.891. The maximum Gasteiger partial charge on any atom is 0.249 e. The number of anilines is 2. The molecular formula is C10H11Cl2N5O2. The number of carbonyl (C=O) groups excluding carboxylic acids is 2. The summed E-state index contributed by atoms with van der Waals surface area (Å²) in [7, 11) is 0. The van der Waals surface area contributed by atoms with Crippen LogP contribution in [0, 0.1) is 0 Å². The molecule has 102 valence electrons. The molecule has 1 fully saturated rings. The highest BCUT2D eigenvalue weighted by atomic mass is 35.5. The standard InChI is InChI=1S/C10H11Cl2N5O2/c11-4-3-5(12)9(17-13)16-8(4)14-6-1-2-7(18)15-10(6)19/h3,6H,1-2,13H2,(H2,14,16,17)(H,15,18,19). The van der Waals surface area contributed by atoms with Gasteiger partial charge in [-0.2, -0.15) is 0 Å². The minimum Gasteiger partial charge on any atom is -0.357 e. The largest absolute Gasteiger partial charge is 0.357 e. The van der Waals surface area contributed by atoms with Crippen molar-refractivity contribution in [1.82, 2.24) is 10.3 Å². The van der Waals surface area contributed by atoms with Gasteiger partial charge in [-0.1, -0.05) is 23.2 Å². The molecule has 2 rings (SSSR count). The first-order valence-electron chi connectivity index (χ1n) is 5.44. The van der Waals surface area contributed by atoms with Gasteiger partial charge in [0.2, 0.25) is 11.8 Å². The maximum absolute atomic E-state index is 11.6. The summed E-state index contributed by atoms with van der Waals surface area (Å²) in [4.78, 5) is 26.7. The molecule has 0 spiro atoms. The molecule has 1 saturated heterocycles. The Hall–Kier alpha value is -1.57. The third-order valence-electron chi connectivity index (χ3n) is 2.62. The number of hydrogen-bond acceptors (Lipinski definition) is 6. The molecule has 1 aliphatic heterocycles. The molecule has 0 radical (unpaired) electrons. The van der Waals surface area contributed by atoms with Crippen molar-refractivity contribution in [3.05, 3.63) is 16.1 Å². The Morgan fingerprint density at radius 1 is 1.32 bits per heavy atom. The van der Waals surface area contributed by atoms with Crippen LogP contribution in [0.25, 0.3) is 0 Å². The first-order chi connectivity index (χ1) is 9.01. The van der Waals surface area contributed by atoms with E-state index in [1.165, 1.54) is 6.07 Å². The number of nitrogens with two attached hydrogens (primary N) is 1. The fourth-order valence-corrected chi connectivity index (χ4v) is 2.13. The van der Waals surface area contributed by atoms with Crippen molar-refractivity contribution in [2.45, 2.75) is 18.9 Å². The summed E-state index contributed by atoms with van der Waals surface area (Å²) >= 11 is 11.8. The van der Waals surface area contributed by atoms with Crippen molar-refractivity contribution in [3.8, 4) is 0 Å². The van der Waals surface area contributed by atoms with Gasteiger partial charge in [0.1, 0.15) is 11.9 Å². The number of nitrogen functional groups attached to an aromatic ring is 1. The second-order valence-corrected chi connectivity index (χ2v) is 4.76. The minimum atomic E-state index is -0.575. The summed E-state index contributed by atoms with van der Waals surface area (Å²) in [5, 5.41) is 5.61. The van der Waals surface area contributed by atoms with Crippen molar-refractivity contribution in [3.63, 3.8) is 0 Å². The zero-order valence-corrected chi connectivity index (χ0v) is 11.2. The normalized spacial score (nSPS) is 19.0. The summed E-state index contributed by atoms with van der Waals surface area (Å²) in [5.74, 6) is 5.07. The van der Waals surface area contributed by atoms with Gasteiger partial charge in [-0.3, -0.25) is 14.9 Å². The van der Waals surface area contributed by atoms with Crippen LogP contribution in [-0.4, -0.2) is 22.8 Å². The molecule has 19 heavy (non-hydrogen) atoms. The van der Waals surface area contributed by atoms with Gasteiger partial charge in [-0.15, -0.1) is 0 Å². The van der Waals surface area contributed by atoms with Crippen LogP contribution in [0.1, 0.15) is 12.8 Å². The van der Waals surface area contributed by atoms with E-state index >= 15 is 0 Å². The summed E-state index contributed by atoms with van der Waals surface area (Å²) < 4.78 is 0. The van der Waals surface area contributed by atoms with E-state index in [1.54, 1.807) is 0 Å². The summed E-state index contributed by atoms with van der Waals surface area (Å²) in [5.41, 5.74) is 2.32.